The predicted molar refractivity (Wildman–Crippen MR) is 76.9 cm³/mol. The first-order chi connectivity index (χ1) is 9.05. The quantitative estimate of drug-likeness (QED) is 0.809. The maximum Gasteiger partial charge on any atom is 0.263 e. The van der Waals surface area contributed by atoms with Gasteiger partial charge in [0, 0.05) is 34.3 Å². The van der Waals surface area contributed by atoms with E-state index in [0.29, 0.717) is 5.92 Å². The Labute approximate surface area is 117 Å². The number of fused-ring (bicyclic) bond motifs is 1. The molecule has 0 spiro atoms. The molecule has 0 radical (unpaired) electrons. The highest BCUT2D eigenvalue weighted by Gasteiger charge is 2.21. The van der Waals surface area contributed by atoms with Gasteiger partial charge in [0.2, 0.25) is 0 Å². The summed E-state index contributed by atoms with van der Waals surface area (Å²) in [6.07, 6.45) is 6.71. The molecule has 0 amide bonds. The maximum absolute atomic E-state index is 11.6. The standard InChI is InChI=1S/C14H16ClNO2S/c15-19(17,18)14-10-16(9-11-5-1-2-6-11)13-8-4-3-7-12(13)14/h3-4,7-8,10-11H,1-2,5-6,9H2. The number of nitrogens with zero attached hydrogens (tertiary/aromatic N) is 1. The van der Waals surface area contributed by atoms with Crippen molar-refractivity contribution in [3.05, 3.63) is 30.5 Å². The van der Waals surface area contributed by atoms with Gasteiger partial charge in [-0.05, 0) is 24.8 Å². The number of hydrogen-bond acceptors (Lipinski definition) is 2. The number of halogens is 1. The highest BCUT2D eigenvalue weighted by atomic mass is 35.7. The molecule has 1 aliphatic rings. The molecule has 19 heavy (non-hydrogen) atoms. The molecule has 0 saturated heterocycles. The molecule has 3 nitrogen and oxygen atoms in total. The fraction of sp³-hybridized carbons (Fsp3) is 0.429. The number of para-hydroxylation sites is 1. The summed E-state index contributed by atoms with van der Waals surface area (Å²) >= 11 is 0. The van der Waals surface area contributed by atoms with Crippen molar-refractivity contribution in [3.8, 4) is 0 Å². The van der Waals surface area contributed by atoms with Gasteiger partial charge in [-0.25, -0.2) is 8.42 Å². The molecule has 3 rings (SSSR count). The third-order valence-electron chi connectivity index (χ3n) is 3.94. The molecule has 1 aromatic heterocycles. The molecular weight excluding hydrogens is 282 g/mol. The van der Waals surface area contributed by atoms with Crippen LogP contribution in [0.15, 0.2) is 35.4 Å². The van der Waals surface area contributed by atoms with Crippen molar-refractivity contribution in [3.63, 3.8) is 0 Å². The van der Waals surface area contributed by atoms with Gasteiger partial charge < -0.3 is 4.57 Å². The van der Waals surface area contributed by atoms with E-state index in [9.17, 15) is 8.42 Å². The van der Waals surface area contributed by atoms with Gasteiger partial charge in [0.05, 0.1) is 0 Å². The van der Waals surface area contributed by atoms with Crippen LogP contribution in [0.25, 0.3) is 10.9 Å². The lowest BCUT2D eigenvalue weighted by Crippen LogP contribution is -2.06. The van der Waals surface area contributed by atoms with Gasteiger partial charge in [-0.3, -0.25) is 0 Å². The zero-order valence-electron chi connectivity index (χ0n) is 10.5. The number of rotatable bonds is 3. The Kier molecular flexibility index (Phi) is 3.31. The smallest absolute Gasteiger partial charge is 0.263 e. The molecule has 1 fully saturated rings. The van der Waals surface area contributed by atoms with Crippen LogP contribution in [0.4, 0.5) is 0 Å². The van der Waals surface area contributed by atoms with E-state index in [1.54, 1.807) is 6.20 Å². The van der Waals surface area contributed by atoms with Crippen molar-refractivity contribution in [2.45, 2.75) is 37.1 Å². The third kappa shape index (κ3) is 2.51. The minimum absolute atomic E-state index is 0.225. The van der Waals surface area contributed by atoms with E-state index in [0.717, 1.165) is 17.4 Å². The zero-order chi connectivity index (χ0) is 13.5. The van der Waals surface area contributed by atoms with Crippen LogP contribution in [-0.2, 0) is 15.6 Å². The first kappa shape index (κ1) is 13.0. The zero-order valence-corrected chi connectivity index (χ0v) is 12.1. The molecule has 1 aliphatic carbocycles. The second kappa shape index (κ2) is 4.84. The van der Waals surface area contributed by atoms with Crippen molar-refractivity contribution in [1.82, 2.24) is 4.57 Å². The molecule has 1 saturated carbocycles. The minimum Gasteiger partial charge on any atom is -0.346 e. The van der Waals surface area contributed by atoms with Crippen molar-refractivity contribution in [1.29, 1.82) is 0 Å². The van der Waals surface area contributed by atoms with Crippen LogP contribution in [-0.4, -0.2) is 13.0 Å². The summed E-state index contributed by atoms with van der Waals surface area (Å²) in [4.78, 5) is 0.225. The first-order valence-electron chi connectivity index (χ1n) is 6.58. The summed E-state index contributed by atoms with van der Waals surface area (Å²) in [6, 6.07) is 7.54. The van der Waals surface area contributed by atoms with Crippen LogP contribution in [0, 0.1) is 5.92 Å². The first-order valence-corrected chi connectivity index (χ1v) is 8.89. The van der Waals surface area contributed by atoms with Gasteiger partial charge in [-0.15, -0.1) is 0 Å². The van der Waals surface area contributed by atoms with E-state index in [2.05, 4.69) is 0 Å². The highest BCUT2D eigenvalue weighted by molar-refractivity contribution is 8.14. The minimum atomic E-state index is -3.69. The fourth-order valence-corrected chi connectivity index (χ4v) is 4.09. The molecule has 0 aliphatic heterocycles. The van der Waals surface area contributed by atoms with Gasteiger partial charge in [0.1, 0.15) is 4.90 Å². The van der Waals surface area contributed by atoms with E-state index in [1.165, 1.54) is 25.7 Å². The van der Waals surface area contributed by atoms with Crippen molar-refractivity contribution in [2.75, 3.05) is 0 Å². The molecule has 0 unspecified atom stereocenters. The largest absolute Gasteiger partial charge is 0.346 e. The van der Waals surface area contributed by atoms with Gasteiger partial charge in [0.15, 0.2) is 0 Å². The Morgan fingerprint density at radius 2 is 1.89 bits per heavy atom. The van der Waals surface area contributed by atoms with Crippen molar-refractivity contribution >= 4 is 30.6 Å². The molecular formula is C14H16ClNO2S. The Morgan fingerprint density at radius 1 is 1.21 bits per heavy atom. The lowest BCUT2D eigenvalue weighted by Gasteiger charge is -2.11. The SMILES string of the molecule is O=S(=O)(Cl)c1cn(CC2CCCC2)c2ccccc12. The Hall–Kier alpha value is -1.00. The van der Waals surface area contributed by atoms with Gasteiger partial charge in [-0.1, -0.05) is 31.0 Å². The average Bonchev–Trinajstić information content (AvgIpc) is 2.97. The highest BCUT2D eigenvalue weighted by Crippen LogP contribution is 2.31. The monoisotopic (exact) mass is 297 g/mol. The molecule has 1 aromatic carbocycles. The fourth-order valence-electron chi connectivity index (χ4n) is 3.03. The van der Waals surface area contributed by atoms with Gasteiger partial charge >= 0.3 is 0 Å². The summed E-state index contributed by atoms with van der Waals surface area (Å²) in [5, 5.41) is 0.718. The summed E-state index contributed by atoms with van der Waals surface area (Å²) < 4.78 is 25.3. The second-order valence-corrected chi connectivity index (χ2v) is 7.79. The summed E-state index contributed by atoms with van der Waals surface area (Å²) in [7, 11) is 1.84. The molecule has 5 heteroatoms. The lowest BCUT2D eigenvalue weighted by atomic mass is 10.1. The average molecular weight is 298 g/mol. The second-order valence-electron chi connectivity index (χ2n) is 5.25. The van der Waals surface area contributed by atoms with E-state index < -0.39 is 9.05 Å². The molecule has 0 atom stereocenters. The van der Waals surface area contributed by atoms with Crippen LogP contribution in [0.2, 0.25) is 0 Å². The Morgan fingerprint density at radius 3 is 2.58 bits per heavy atom. The van der Waals surface area contributed by atoms with Crippen molar-refractivity contribution in [2.24, 2.45) is 5.92 Å². The third-order valence-corrected chi connectivity index (χ3v) is 5.29. The van der Waals surface area contributed by atoms with E-state index in [1.807, 2.05) is 28.8 Å². The molecule has 0 bridgehead atoms. The van der Waals surface area contributed by atoms with Crippen LogP contribution >= 0.6 is 10.7 Å². The molecule has 1 heterocycles. The lowest BCUT2D eigenvalue weighted by molar-refractivity contribution is 0.465. The molecule has 2 aromatic rings. The van der Waals surface area contributed by atoms with Gasteiger partial charge in [0.25, 0.3) is 9.05 Å². The summed E-state index contributed by atoms with van der Waals surface area (Å²) in [5.41, 5.74) is 0.952. The van der Waals surface area contributed by atoms with Crippen LogP contribution in [0.3, 0.4) is 0 Å². The number of benzene rings is 1. The topological polar surface area (TPSA) is 39.1 Å². The predicted octanol–water partition coefficient (Wildman–Crippen LogP) is 3.76. The summed E-state index contributed by atoms with van der Waals surface area (Å²) in [5.74, 6) is 0.654. The molecule has 102 valence electrons. The normalized spacial score (nSPS) is 17.3. The van der Waals surface area contributed by atoms with Crippen LogP contribution in [0.5, 0.6) is 0 Å². The van der Waals surface area contributed by atoms with Gasteiger partial charge in [-0.2, -0.15) is 0 Å². The van der Waals surface area contributed by atoms with Crippen LogP contribution in [0.1, 0.15) is 25.7 Å². The Bertz CT molecular complexity index is 699. The van der Waals surface area contributed by atoms with Crippen LogP contribution < -0.4 is 0 Å². The van der Waals surface area contributed by atoms with E-state index in [-0.39, 0.29) is 4.90 Å². The van der Waals surface area contributed by atoms with E-state index >= 15 is 0 Å². The number of hydrogen-bond donors (Lipinski definition) is 0. The maximum atomic E-state index is 11.6. The summed E-state index contributed by atoms with van der Waals surface area (Å²) in [6.45, 7) is 0.882. The molecule has 0 N–H and O–H groups in total. The Balaban J connectivity index is 2.09. The van der Waals surface area contributed by atoms with Crippen molar-refractivity contribution < 1.29 is 8.42 Å². The van der Waals surface area contributed by atoms with E-state index in [4.69, 9.17) is 10.7 Å². The number of aromatic nitrogens is 1.